The van der Waals surface area contributed by atoms with Crippen LogP contribution in [0.2, 0.25) is 0 Å². The van der Waals surface area contributed by atoms with Crippen molar-refractivity contribution in [3.8, 4) is 5.75 Å². The van der Waals surface area contributed by atoms with Gasteiger partial charge in [0.15, 0.2) is 5.65 Å². The zero-order chi connectivity index (χ0) is 15.4. The number of methoxy groups -OCH3 is 1. The van der Waals surface area contributed by atoms with Crippen LogP contribution in [-0.2, 0) is 6.54 Å². The molecule has 3 aromatic rings. The van der Waals surface area contributed by atoms with E-state index in [-0.39, 0.29) is 5.91 Å². The number of benzene rings is 1. The lowest BCUT2D eigenvalue weighted by molar-refractivity contribution is 0.0950. The smallest absolute Gasteiger partial charge is 0.253 e. The summed E-state index contributed by atoms with van der Waals surface area (Å²) >= 11 is 0. The summed E-state index contributed by atoms with van der Waals surface area (Å²) in [5.41, 5.74) is 2.05. The summed E-state index contributed by atoms with van der Waals surface area (Å²) < 4.78 is 5.10. The van der Waals surface area contributed by atoms with Crippen LogP contribution in [0.25, 0.3) is 11.0 Å². The molecule has 6 nitrogen and oxygen atoms in total. The minimum absolute atomic E-state index is 0.186. The highest BCUT2D eigenvalue weighted by Gasteiger charge is 2.07. The van der Waals surface area contributed by atoms with Gasteiger partial charge in [0.05, 0.1) is 12.7 Å². The lowest BCUT2D eigenvalue weighted by atomic mass is 10.2. The molecule has 1 N–H and O–H groups in total. The predicted molar refractivity (Wildman–Crippen MR) is 81.5 cm³/mol. The fourth-order valence-electron chi connectivity index (χ4n) is 2.03. The number of carbonyl (C=O) groups is 1. The lowest BCUT2D eigenvalue weighted by Crippen LogP contribution is -2.22. The summed E-state index contributed by atoms with van der Waals surface area (Å²) in [4.78, 5) is 24.3. The van der Waals surface area contributed by atoms with E-state index in [1.54, 1.807) is 19.4 Å². The van der Waals surface area contributed by atoms with E-state index in [1.807, 2.05) is 24.3 Å². The molecule has 0 aliphatic rings. The fourth-order valence-corrected chi connectivity index (χ4v) is 2.03. The van der Waals surface area contributed by atoms with Crippen LogP contribution in [0, 0.1) is 0 Å². The number of carbonyl (C=O) groups excluding carboxylic acids is 1. The molecular formula is C16H14N4O2. The summed E-state index contributed by atoms with van der Waals surface area (Å²) in [5, 5.41) is 3.59. The second kappa shape index (κ2) is 6.17. The van der Waals surface area contributed by atoms with Crippen molar-refractivity contribution in [3.63, 3.8) is 0 Å². The Kier molecular flexibility index (Phi) is 3.91. The van der Waals surface area contributed by atoms with Crippen molar-refractivity contribution in [2.75, 3.05) is 7.11 Å². The molecule has 0 atom stereocenters. The Bertz CT molecular complexity index is 803. The third-order valence-corrected chi connectivity index (χ3v) is 3.23. The van der Waals surface area contributed by atoms with E-state index in [9.17, 15) is 4.79 Å². The Hall–Kier alpha value is -3.02. The number of nitrogens with one attached hydrogen (secondary N) is 1. The van der Waals surface area contributed by atoms with Gasteiger partial charge >= 0.3 is 0 Å². The van der Waals surface area contributed by atoms with Crippen LogP contribution in [0.3, 0.4) is 0 Å². The molecular weight excluding hydrogens is 280 g/mol. The van der Waals surface area contributed by atoms with E-state index in [0.29, 0.717) is 17.8 Å². The molecule has 0 aliphatic heterocycles. The van der Waals surface area contributed by atoms with Crippen molar-refractivity contribution in [2.45, 2.75) is 6.54 Å². The molecule has 1 aromatic carbocycles. The first kappa shape index (κ1) is 13.9. The number of nitrogens with zero attached hydrogens (tertiary/aromatic N) is 3. The van der Waals surface area contributed by atoms with Crippen LogP contribution >= 0.6 is 0 Å². The highest BCUT2D eigenvalue weighted by molar-refractivity contribution is 5.96. The summed E-state index contributed by atoms with van der Waals surface area (Å²) in [6.07, 6.45) is 4.58. The fraction of sp³-hybridized carbons (Fsp3) is 0.125. The Morgan fingerprint density at radius 2 is 2.00 bits per heavy atom. The van der Waals surface area contributed by atoms with Crippen molar-refractivity contribution < 1.29 is 9.53 Å². The SMILES string of the molecule is COc1ccc(CNC(=O)c2cnc3ncncc3c2)cc1. The molecule has 2 aromatic heterocycles. The molecule has 0 bridgehead atoms. The van der Waals surface area contributed by atoms with E-state index in [0.717, 1.165) is 16.7 Å². The molecule has 3 rings (SSSR count). The van der Waals surface area contributed by atoms with Gasteiger partial charge in [-0.05, 0) is 23.8 Å². The molecule has 0 aliphatic carbocycles. The van der Waals surface area contributed by atoms with Crippen molar-refractivity contribution in [1.29, 1.82) is 0 Å². The van der Waals surface area contributed by atoms with Crippen molar-refractivity contribution >= 4 is 16.9 Å². The van der Waals surface area contributed by atoms with Crippen LogP contribution in [0.4, 0.5) is 0 Å². The maximum atomic E-state index is 12.2. The lowest BCUT2D eigenvalue weighted by Gasteiger charge is -2.06. The zero-order valence-corrected chi connectivity index (χ0v) is 12.0. The quantitative estimate of drug-likeness (QED) is 0.796. The Labute approximate surface area is 127 Å². The van der Waals surface area contributed by atoms with Gasteiger partial charge in [0.25, 0.3) is 5.91 Å². The number of aromatic nitrogens is 3. The number of pyridine rings is 1. The van der Waals surface area contributed by atoms with E-state index < -0.39 is 0 Å². The average Bonchev–Trinajstić information content (AvgIpc) is 2.59. The van der Waals surface area contributed by atoms with Gasteiger partial charge in [0.2, 0.25) is 0 Å². The van der Waals surface area contributed by atoms with Gasteiger partial charge in [-0.25, -0.2) is 15.0 Å². The summed E-state index contributed by atoms with van der Waals surface area (Å²) in [6, 6.07) is 9.26. The largest absolute Gasteiger partial charge is 0.497 e. The number of amides is 1. The second-order valence-corrected chi connectivity index (χ2v) is 4.69. The summed E-state index contributed by atoms with van der Waals surface area (Å²) in [5.74, 6) is 0.600. The van der Waals surface area contributed by atoms with Gasteiger partial charge in [-0.15, -0.1) is 0 Å². The number of ether oxygens (including phenoxy) is 1. The van der Waals surface area contributed by atoms with Gasteiger partial charge in [0.1, 0.15) is 12.1 Å². The molecule has 0 radical (unpaired) electrons. The van der Waals surface area contributed by atoms with Gasteiger partial charge in [-0.1, -0.05) is 12.1 Å². The van der Waals surface area contributed by atoms with Crippen molar-refractivity contribution in [3.05, 3.63) is 60.2 Å². The Balaban J connectivity index is 1.69. The molecule has 0 saturated carbocycles. The third kappa shape index (κ3) is 3.01. The topological polar surface area (TPSA) is 77.0 Å². The highest BCUT2D eigenvalue weighted by Crippen LogP contribution is 2.12. The molecule has 1 amide bonds. The first-order valence-electron chi connectivity index (χ1n) is 6.73. The van der Waals surface area contributed by atoms with Gasteiger partial charge in [-0.3, -0.25) is 4.79 Å². The van der Waals surface area contributed by atoms with Crippen LogP contribution in [0.5, 0.6) is 5.75 Å². The minimum Gasteiger partial charge on any atom is -0.497 e. The number of hydrogen-bond acceptors (Lipinski definition) is 5. The van der Waals surface area contributed by atoms with Crippen LogP contribution < -0.4 is 10.1 Å². The first-order chi connectivity index (χ1) is 10.8. The predicted octanol–water partition coefficient (Wildman–Crippen LogP) is 1.96. The van der Waals surface area contributed by atoms with E-state index in [2.05, 4.69) is 20.3 Å². The average molecular weight is 294 g/mol. The number of fused-ring (bicyclic) bond motifs is 1. The number of hydrogen-bond donors (Lipinski definition) is 1. The van der Waals surface area contributed by atoms with Crippen molar-refractivity contribution in [2.24, 2.45) is 0 Å². The second-order valence-electron chi connectivity index (χ2n) is 4.69. The monoisotopic (exact) mass is 294 g/mol. The van der Waals surface area contributed by atoms with Crippen molar-refractivity contribution in [1.82, 2.24) is 20.3 Å². The maximum absolute atomic E-state index is 12.2. The molecule has 0 spiro atoms. The first-order valence-corrected chi connectivity index (χ1v) is 6.73. The Morgan fingerprint density at radius 3 is 2.77 bits per heavy atom. The standard InChI is InChI=1S/C16H14N4O2/c1-22-14-4-2-11(3-5-14)7-19-16(21)13-6-12-8-17-10-20-15(12)18-9-13/h2-6,8-10H,7H2,1H3,(H,19,21). The molecule has 0 unspecified atom stereocenters. The van der Waals surface area contributed by atoms with Gasteiger partial charge in [0, 0.05) is 24.3 Å². The molecule has 6 heteroatoms. The van der Waals surface area contributed by atoms with Gasteiger partial charge in [-0.2, -0.15) is 0 Å². The van der Waals surface area contributed by atoms with E-state index in [1.165, 1.54) is 12.5 Å². The van der Waals surface area contributed by atoms with Crippen LogP contribution in [0.1, 0.15) is 15.9 Å². The molecule has 2 heterocycles. The molecule has 0 saturated heterocycles. The molecule has 22 heavy (non-hydrogen) atoms. The van der Waals surface area contributed by atoms with E-state index >= 15 is 0 Å². The van der Waals surface area contributed by atoms with E-state index in [4.69, 9.17) is 4.74 Å². The highest BCUT2D eigenvalue weighted by atomic mass is 16.5. The number of rotatable bonds is 4. The zero-order valence-electron chi connectivity index (χ0n) is 12.0. The Morgan fingerprint density at radius 1 is 1.18 bits per heavy atom. The molecule has 110 valence electrons. The van der Waals surface area contributed by atoms with Crippen LogP contribution in [0.15, 0.2) is 49.1 Å². The molecule has 0 fully saturated rings. The normalized spacial score (nSPS) is 10.4. The minimum atomic E-state index is -0.186. The summed E-state index contributed by atoms with van der Waals surface area (Å²) in [6.45, 7) is 0.437. The summed E-state index contributed by atoms with van der Waals surface area (Å²) in [7, 11) is 1.62. The van der Waals surface area contributed by atoms with Gasteiger partial charge < -0.3 is 10.1 Å². The van der Waals surface area contributed by atoms with Crippen LogP contribution in [-0.4, -0.2) is 28.0 Å². The third-order valence-electron chi connectivity index (χ3n) is 3.23. The maximum Gasteiger partial charge on any atom is 0.253 e.